The molecule has 1 saturated carbocycles. The minimum Gasteiger partial charge on any atom is -0.299 e. The largest absolute Gasteiger partial charge is 0.299 e. The minimum atomic E-state index is 0.281. The van der Waals surface area contributed by atoms with Crippen molar-refractivity contribution >= 4 is 0 Å². The van der Waals surface area contributed by atoms with Crippen molar-refractivity contribution in [1.29, 1.82) is 5.26 Å². The van der Waals surface area contributed by atoms with Crippen LogP contribution in [-0.2, 0) is 0 Å². The van der Waals surface area contributed by atoms with E-state index in [2.05, 4.69) is 38.7 Å². The molecule has 1 heterocycles. The van der Waals surface area contributed by atoms with E-state index in [9.17, 15) is 5.26 Å². The van der Waals surface area contributed by atoms with Crippen LogP contribution in [-0.4, -0.2) is 24.0 Å². The molecule has 2 aliphatic rings. The Labute approximate surface area is 125 Å². The van der Waals surface area contributed by atoms with Gasteiger partial charge in [0.1, 0.15) is 0 Å². The molecule has 1 saturated heterocycles. The van der Waals surface area contributed by atoms with Crippen molar-refractivity contribution in [2.45, 2.75) is 72.3 Å². The standard InChI is InChI=1S/C18H32N2/c1-5-14-6-7-15(13-19)17(12-14)20-10-8-16(9-11-20)18(2,3)4/h14-17H,5-12H2,1-4H3. The number of hydrogen-bond donors (Lipinski definition) is 0. The molecule has 3 unspecified atom stereocenters. The first-order valence-corrected chi connectivity index (χ1v) is 8.59. The molecule has 2 nitrogen and oxygen atoms in total. The maximum absolute atomic E-state index is 9.46. The quantitative estimate of drug-likeness (QED) is 0.744. The van der Waals surface area contributed by atoms with E-state index in [1.54, 1.807) is 0 Å². The summed E-state index contributed by atoms with van der Waals surface area (Å²) in [5, 5.41) is 9.46. The molecule has 1 aliphatic carbocycles. The Kier molecular flexibility index (Phi) is 5.13. The number of nitriles is 1. The van der Waals surface area contributed by atoms with Gasteiger partial charge in [0.2, 0.25) is 0 Å². The van der Waals surface area contributed by atoms with Crippen LogP contribution in [0.15, 0.2) is 0 Å². The van der Waals surface area contributed by atoms with Crippen LogP contribution in [0.4, 0.5) is 0 Å². The highest BCUT2D eigenvalue weighted by Crippen LogP contribution is 2.39. The van der Waals surface area contributed by atoms with Crippen LogP contribution >= 0.6 is 0 Å². The van der Waals surface area contributed by atoms with Crippen molar-refractivity contribution in [2.75, 3.05) is 13.1 Å². The smallest absolute Gasteiger partial charge is 0.0672 e. The van der Waals surface area contributed by atoms with Gasteiger partial charge in [0.15, 0.2) is 0 Å². The van der Waals surface area contributed by atoms with Crippen LogP contribution < -0.4 is 0 Å². The molecule has 0 aromatic rings. The van der Waals surface area contributed by atoms with Crippen molar-refractivity contribution in [3.63, 3.8) is 0 Å². The Balaban J connectivity index is 1.95. The highest BCUT2D eigenvalue weighted by molar-refractivity contribution is 4.98. The van der Waals surface area contributed by atoms with Crippen molar-refractivity contribution in [2.24, 2.45) is 23.2 Å². The van der Waals surface area contributed by atoms with Gasteiger partial charge in [-0.1, -0.05) is 34.1 Å². The number of rotatable bonds is 2. The molecule has 0 N–H and O–H groups in total. The molecule has 20 heavy (non-hydrogen) atoms. The normalized spacial score (nSPS) is 33.9. The molecule has 0 aromatic carbocycles. The van der Waals surface area contributed by atoms with Gasteiger partial charge in [-0.3, -0.25) is 4.90 Å². The van der Waals surface area contributed by atoms with Crippen LogP contribution in [0.3, 0.4) is 0 Å². The lowest BCUT2D eigenvalue weighted by atomic mass is 9.73. The van der Waals surface area contributed by atoms with E-state index in [0.29, 0.717) is 11.5 Å². The fourth-order valence-electron chi connectivity index (χ4n) is 4.25. The summed E-state index contributed by atoms with van der Waals surface area (Å²) in [6.07, 6.45) is 7.56. The number of likely N-dealkylation sites (tertiary alicyclic amines) is 1. The summed E-state index contributed by atoms with van der Waals surface area (Å²) < 4.78 is 0. The summed E-state index contributed by atoms with van der Waals surface area (Å²) in [5.41, 5.74) is 0.444. The predicted molar refractivity (Wildman–Crippen MR) is 84.3 cm³/mol. The van der Waals surface area contributed by atoms with Gasteiger partial charge in [-0.05, 0) is 62.4 Å². The highest BCUT2D eigenvalue weighted by Gasteiger charge is 2.37. The zero-order valence-corrected chi connectivity index (χ0v) is 13.9. The van der Waals surface area contributed by atoms with Gasteiger partial charge in [0.05, 0.1) is 12.0 Å². The van der Waals surface area contributed by atoms with E-state index in [4.69, 9.17) is 0 Å². The number of piperidine rings is 1. The van der Waals surface area contributed by atoms with Gasteiger partial charge < -0.3 is 0 Å². The Morgan fingerprint density at radius 3 is 2.25 bits per heavy atom. The van der Waals surface area contributed by atoms with Crippen LogP contribution in [0.2, 0.25) is 0 Å². The van der Waals surface area contributed by atoms with Crippen molar-refractivity contribution < 1.29 is 0 Å². The van der Waals surface area contributed by atoms with Gasteiger partial charge in [0, 0.05) is 6.04 Å². The number of hydrogen-bond acceptors (Lipinski definition) is 2. The fourth-order valence-corrected chi connectivity index (χ4v) is 4.25. The summed E-state index contributed by atoms with van der Waals surface area (Å²) in [6, 6.07) is 3.14. The second-order valence-corrected chi connectivity index (χ2v) is 8.07. The van der Waals surface area contributed by atoms with Gasteiger partial charge in [-0.15, -0.1) is 0 Å². The van der Waals surface area contributed by atoms with Crippen LogP contribution in [0.25, 0.3) is 0 Å². The molecule has 114 valence electrons. The lowest BCUT2D eigenvalue weighted by Crippen LogP contribution is -2.48. The topological polar surface area (TPSA) is 27.0 Å². The van der Waals surface area contributed by atoms with Gasteiger partial charge in [0.25, 0.3) is 0 Å². The van der Waals surface area contributed by atoms with E-state index in [-0.39, 0.29) is 5.92 Å². The summed E-state index contributed by atoms with van der Waals surface area (Å²) in [4.78, 5) is 2.65. The van der Waals surface area contributed by atoms with E-state index in [1.165, 1.54) is 45.2 Å². The Hall–Kier alpha value is -0.550. The molecule has 0 amide bonds. The number of nitrogens with zero attached hydrogens (tertiary/aromatic N) is 2. The summed E-state index contributed by atoms with van der Waals surface area (Å²) in [6.45, 7) is 11.8. The molecule has 2 heteroatoms. The van der Waals surface area contributed by atoms with Crippen molar-refractivity contribution in [1.82, 2.24) is 4.90 Å². The van der Waals surface area contributed by atoms with Gasteiger partial charge in [-0.25, -0.2) is 0 Å². The summed E-state index contributed by atoms with van der Waals surface area (Å²) in [5.74, 6) is 1.98. The van der Waals surface area contributed by atoms with E-state index in [0.717, 1.165) is 18.3 Å². The molecular formula is C18H32N2. The summed E-state index contributed by atoms with van der Waals surface area (Å²) in [7, 11) is 0. The third-order valence-electron chi connectivity index (χ3n) is 5.89. The van der Waals surface area contributed by atoms with Crippen LogP contribution in [0.5, 0.6) is 0 Å². The average Bonchev–Trinajstić information content (AvgIpc) is 2.45. The first kappa shape index (κ1) is 15.8. The lowest BCUT2D eigenvalue weighted by molar-refractivity contribution is 0.0420. The second-order valence-electron chi connectivity index (χ2n) is 8.07. The third-order valence-corrected chi connectivity index (χ3v) is 5.89. The molecule has 3 atom stereocenters. The third kappa shape index (κ3) is 3.55. The molecule has 1 aliphatic heterocycles. The Morgan fingerprint density at radius 2 is 1.75 bits per heavy atom. The molecular weight excluding hydrogens is 244 g/mol. The first-order chi connectivity index (χ1) is 9.45. The Morgan fingerprint density at radius 1 is 1.10 bits per heavy atom. The molecule has 0 spiro atoms. The Bertz CT molecular complexity index is 341. The SMILES string of the molecule is CCC1CCC(C#N)C(N2CCC(C(C)(C)C)CC2)C1. The van der Waals surface area contributed by atoms with E-state index >= 15 is 0 Å². The fraction of sp³-hybridized carbons (Fsp3) is 0.944. The summed E-state index contributed by atoms with van der Waals surface area (Å²) >= 11 is 0. The maximum Gasteiger partial charge on any atom is 0.0672 e. The maximum atomic E-state index is 9.46. The van der Waals surface area contributed by atoms with Crippen molar-refractivity contribution in [3.8, 4) is 6.07 Å². The van der Waals surface area contributed by atoms with Crippen molar-refractivity contribution in [3.05, 3.63) is 0 Å². The highest BCUT2D eigenvalue weighted by atomic mass is 15.2. The second kappa shape index (κ2) is 6.48. The molecule has 2 rings (SSSR count). The zero-order chi connectivity index (χ0) is 14.8. The lowest BCUT2D eigenvalue weighted by Gasteiger charge is -2.45. The average molecular weight is 276 g/mol. The molecule has 0 bridgehead atoms. The molecule has 0 radical (unpaired) electrons. The monoisotopic (exact) mass is 276 g/mol. The first-order valence-electron chi connectivity index (χ1n) is 8.59. The minimum absolute atomic E-state index is 0.281. The zero-order valence-electron chi connectivity index (χ0n) is 13.9. The van der Waals surface area contributed by atoms with Gasteiger partial charge in [-0.2, -0.15) is 5.26 Å². The molecule has 2 fully saturated rings. The predicted octanol–water partition coefficient (Wildman–Crippen LogP) is 4.46. The van der Waals surface area contributed by atoms with E-state index in [1.807, 2.05) is 0 Å². The molecule has 0 aromatic heterocycles. The van der Waals surface area contributed by atoms with Crippen LogP contribution in [0.1, 0.15) is 66.2 Å². The van der Waals surface area contributed by atoms with Gasteiger partial charge >= 0.3 is 0 Å². The van der Waals surface area contributed by atoms with Crippen LogP contribution in [0, 0.1) is 34.5 Å². The van der Waals surface area contributed by atoms with E-state index < -0.39 is 0 Å².